The van der Waals surface area contributed by atoms with Gasteiger partial charge in [0.05, 0.1) is 6.61 Å². The molecule has 1 unspecified atom stereocenters. The van der Waals surface area contributed by atoms with Crippen LogP contribution >= 0.6 is 0 Å². The molecular weight excluding hydrogens is 341 g/mol. The van der Waals surface area contributed by atoms with Crippen molar-refractivity contribution in [2.24, 2.45) is 0 Å². The van der Waals surface area contributed by atoms with Crippen molar-refractivity contribution in [2.45, 2.75) is 19.8 Å². The molecule has 8 nitrogen and oxygen atoms in total. The maximum Gasteiger partial charge on any atom is 0.279 e. The first-order valence-corrected chi connectivity index (χ1v) is 8.03. The Hall–Kier alpha value is -3.07. The van der Waals surface area contributed by atoms with E-state index in [4.69, 9.17) is 9.26 Å². The molecule has 134 valence electrons. The van der Waals surface area contributed by atoms with Crippen LogP contribution in [-0.2, 0) is 4.74 Å². The fraction of sp³-hybridized carbons (Fsp3) is 0.294. The monoisotopic (exact) mass is 357 g/mol. The van der Waals surface area contributed by atoms with E-state index in [1.165, 1.54) is 12.4 Å². The Bertz CT molecular complexity index is 1120. The van der Waals surface area contributed by atoms with E-state index in [2.05, 4.69) is 15.1 Å². The van der Waals surface area contributed by atoms with Crippen LogP contribution in [0.5, 0.6) is 0 Å². The van der Waals surface area contributed by atoms with Gasteiger partial charge in [-0.3, -0.25) is 4.40 Å². The number of aryl methyl sites for hydroxylation is 1. The third kappa shape index (κ3) is 2.31. The van der Waals surface area contributed by atoms with Crippen LogP contribution in [0.3, 0.4) is 0 Å². The van der Waals surface area contributed by atoms with Gasteiger partial charge in [0.25, 0.3) is 11.4 Å². The number of fused-ring (bicyclic) bond motifs is 3. The Kier molecular flexibility index (Phi) is 3.80. The van der Waals surface area contributed by atoms with Gasteiger partial charge in [0.1, 0.15) is 17.4 Å². The normalized spacial score (nSPS) is 12.9. The molecule has 1 aromatic carbocycles. The Morgan fingerprint density at radius 2 is 2.23 bits per heavy atom. The molecule has 0 amide bonds. The summed E-state index contributed by atoms with van der Waals surface area (Å²) in [6.07, 6.45) is 1.52. The van der Waals surface area contributed by atoms with Crippen molar-refractivity contribution in [3.8, 4) is 11.6 Å². The van der Waals surface area contributed by atoms with Gasteiger partial charge in [-0.15, -0.1) is 0 Å². The highest BCUT2D eigenvalue weighted by molar-refractivity contribution is 5.82. The van der Waals surface area contributed by atoms with Crippen LogP contribution in [0.2, 0.25) is 0 Å². The second-order valence-electron chi connectivity index (χ2n) is 6.11. The van der Waals surface area contributed by atoms with E-state index in [1.54, 1.807) is 30.6 Å². The number of para-hydroxylation sites is 1. The number of ether oxygens (including phenoxy) is 1. The molecule has 0 spiro atoms. The van der Waals surface area contributed by atoms with Crippen LogP contribution < -0.4 is 4.73 Å². The summed E-state index contributed by atoms with van der Waals surface area (Å²) in [7, 11) is 1.60. The van der Waals surface area contributed by atoms with Crippen molar-refractivity contribution < 1.29 is 18.4 Å². The van der Waals surface area contributed by atoms with Crippen LogP contribution in [0.15, 0.2) is 29.0 Å². The zero-order chi connectivity index (χ0) is 18.4. The molecule has 3 heterocycles. The second kappa shape index (κ2) is 6.03. The molecule has 0 N–H and O–H groups in total. The largest absolute Gasteiger partial charge is 0.618 e. The molecule has 0 saturated carbocycles. The number of methoxy groups -OCH3 is 1. The number of hydrogen-bond acceptors (Lipinski definition) is 6. The highest BCUT2D eigenvalue weighted by Crippen LogP contribution is 2.27. The summed E-state index contributed by atoms with van der Waals surface area (Å²) >= 11 is 0. The number of nitrogens with zero attached hydrogens (tertiary/aromatic N) is 5. The van der Waals surface area contributed by atoms with E-state index in [9.17, 15) is 9.60 Å². The molecule has 0 bridgehead atoms. The molecule has 0 aliphatic rings. The molecule has 0 aliphatic heterocycles. The van der Waals surface area contributed by atoms with Gasteiger partial charge in [0.2, 0.25) is 5.69 Å². The first-order valence-electron chi connectivity index (χ1n) is 8.03. The lowest BCUT2D eigenvalue weighted by molar-refractivity contribution is -0.584. The van der Waals surface area contributed by atoms with E-state index < -0.39 is 5.82 Å². The second-order valence-corrected chi connectivity index (χ2v) is 6.11. The Balaban J connectivity index is 1.95. The molecule has 0 saturated heterocycles. The number of halogens is 1. The van der Waals surface area contributed by atoms with Gasteiger partial charge in [-0.1, -0.05) is 18.1 Å². The molecule has 26 heavy (non-hydrogen) atoms. The number of aromatic nitrogens is 5. The Morgan fingerprint density at radius 1 is 1.42 bits per heavy atom. The maximum absolute atomic E-state index is 14.1. The molecule has 0 aliphatic carbocycles. The Labute approximate surface area is 147 Å². The number of hydrogen-bond donors (Lipinski definition) is 0. The number of rotatable bonds is 4. The summed E-state index contributed by atoms with van der Waals surface area (Å²) < 4.78 is 26.8. The predicted octanol–water partition coefficient (Wildman–Crippen LogP) is 2.37. The predicted molar refractivity (Wildman–Crippen MR) is 89.9 cm³/mol. The van der Waals surface area contributed by atoms with Gasteiger partial charge in [-0.25, -0.2) is 4.98 Å². The SMILES string of the molecule is COCC(C)c1noc(-c2ncn3c2c(C)[n+]([O-])c2c(F)cccc23)n1. The van der Waals surface area contributed by atoms with Crippen LogP contribution in [0.4, 0.5) is 4.39 Å². The fourth-order valence-electron chi connectivity index (χ4n) is 3.05. The van der Waals surface area contributed by atoms with Gasteiger partial charge < -0.3 is 14.5 Å². The Morgan fingerprint density at radius 3 is 3.00 bits per heavy atom. The van der Waals surface area contributed by atoms with Crippen LogP contribution in [0.25, 0.3) is 28.1 Å². The molecule has 3 aromatic heterocycles. The standard InChI is InChI=1S/C17H16FN5O3/c1-9(7-25-3)16-20-17(26-21-16)13-14-10(2)23(24)15-11(18)5-4-6-12(15)22(14)8-19-13/h4-6,8-9H,7H2,1-3H3. The lowest BCUT2D eigenvalue weighted by Gasteiger charge is -2.08. The molecule has 9 heteroatoms. The van der Waals surface area contributed by atoms with Gasteiger partial charge in [-0.05, 0) is 12.1 Å². The summed E-state index contributed by atoms with van der Waals surface area (Å²) in [6.45, 7) is 3.97. The minimum atomic E-state index is -0.591. The van der Waals surface area contributed by atoms with Crippen molar-refractivity contribution in [1.29, 1.82) is 0 Å². The molecule has 4 rings (SSSR count). The quantitative estimate of drug-likeness (QED) is 0.411. The van der Waals surface area contributed by atoms with E-state index in [1.807, 2.05) is 6.92 Å². The summed E-state index contributed by atoms with van der Waals surface area (Å²) in [4.78, 5) is 8.70. The fourth-order valence-corrected chi connectivity index (χ4v) is 3.05. The van der Waals surface area contributed by atoms with Gasteiger partial charge in [0.15, 0.2) is 17.3 Å². The molecule has 0 radical (unpaired) electrons. The van der Waals surface area contributed by atoms with Crippen molar-refractivity contribution in [1.82, 2.24) is 19.5 Å². The topological polar surface area (TPSA) is 92.4 Å². The van der Waals surface area contributed by atoms with Gasteiger partial charge in [0, 0.05) is 20.0 Å². The van der Waals surface area contributed by atoms with Crippen molar-refractivity contribution in [2.75, 3.05) is 13.7 Å². The lowest BCUT2D eigenvalue weighted by Crippen LogP contribution is -2.33. The minimum absolute atomic E-state index is 0.0404. The van der Waals surface area contributed by atoms with Gasteiger partial charge >= 0.3 is 0 Å². The third-order valence-electron chi connectivity index (χ3n) is 4.34. The van der Waals surface area contributed by atoms with E-state index in [0.717, 1.165) is 0 Å². The van der Waals surface area contributed by atoms with Crippen LogP contribution in [0.1, 0.15) is 24.4 Å². The molecule has 0 fully saturated rings. The van der Waals surface area contributed by atoms with E-state index >= 15 is 0 Å². The third-order valence-corrected chi connectivity index (χ3v) is 4.34. The number of imidazole rings is 1. The average molecular weight is 357 g/mol. The molecular formula is C17H16FN5O3. The van der Waals surface area contributed by atoms with Crippen molar-refractivity contribution >= 4 is 16.6 Å². The lowest BCUT2D eigenvalue weighted by atomic mass is 10.2. The van der Waals surface area contributed by atoms with Crippen molar-refractivity contribution in [3.63, 3.8) is 0 Å². The highest BCUT2D eigenvalue weighted by atomic mass is 19.1. The van der Waals surface area contributed by atoms with E-state index in [-0.39, 0.29) is 17.3 Å². The summed E-state index contributed by atoms with van der Waals surface area (Å²) in [5.41, 5.74) is 1.53. The summed E-state index contributed by atoms with van der Waals surface area (Å²) in [5.74, 6) is 0.0462. The zero-order valence-electron chi connectivity index (χ0n) is 14.4. The minimum Gasteiger partial charge on any atom is -0.618 e. The first-order chi connectivity index (χ1) is 12.5. The summed E-state index contributed by atoms with van der Waals surface area (Å²) in [5, 5.41) is 16.6. The van der Waals surface area contributed by atoms with Crippen molar-refractivity contribution in [3.05, 3.63) is 47.1 Å². The average Bonchev–Trinajstić information content (AvgIpc) is 3.26. The number of benzene rings is 1. The summed E-state index contributed by atoms with van der Waals surface area (Å²) in [6, 6.07) is 4.45. The van der Waals surface area contributed by atoms with Crippen LogP contribution in [-0.4, -0.2) is 33.2 Å². The molecule has 4 aromatic rings. The highest BCUT2D eigenvalue weighted by Gasteiger charge is 2.25. The zero-order valence-corrected chi connectivity index (χ0v) is 14.4. The smallest absolute Gasteiger partial charge is 0.279 e. The molecule has 1 atom stereocenters. The maximum atomic E-state index is 14.1. The first kappa shape index (κ1) is 16.4. The van der Waals surface area contributed by atoms with Gasteiger partial charge in [-0.2, -0.15) is 14.1 Å². The van der Waals surface area contributed by atoms with E-state index in [0.29, 0.717) is 39.6 Å². The van der Waals surface area contributed by atoms with Crippen LogP contribution in [0, 0.1) is 17.9 Å².